The van der Waals surface area contributed by atoms with E-state index in [1.165, 1.54) is 10.5 Å². The summed E-state index contributed by atoms with van der Waals surface area (Å²) in [6.07, 6.45) is 5.82. The van der Waals surface area contributed by atoms with Crippen LogP contribution in [0.15, 0.2) is 65.7 Å². The van der Waals surface area contributed by atoms with E-state index in [-0.39, 0.29) is 11.8 Å². The van der Waals surface area contributed by atoms with Crippen LogP contribution in [0, 0.1) is 5.92 Å². The van der Waals surface area contributed by atoms with Crippen molar-refractivity contribution in [3.8, 4) is 11.3 Å². The number of nitrogens with one attached hydrogen (secondary N) is 2. The molecule has 1 aliphatic rings. The number of hydrogen-bond acceptors (Lipinski definition) is 4. The predicted molar refractivity (Wildman–Crippen MR) is 119 cm³/mol. The monoisotopic (exact) mass is 406 g/mol. The Balaban J connectivity index is 1.33. The number of rotatable bonds is 6. The molecule has 6 heteroatoms. The molecule has 0 saturated carbocycles. The number of benzene rings is 2. The summed E-state index contributed by atoms with van der Waals surface area (Å²) in [5.74, 6) is 0.142. The highest BCUT2D eigenvalue weighted by Crippen LogP contribution is 2.23. The Morgan fingerprint density at radius 2 is 1.97 bits per heavy atom. The van der Waals surface area contributed by atoms with Gasteiger partial charge in [-0.1, -0.05) is 24.3 Å². The second-order valence-electron chi connectivity index (χ2n) is 7.46. The van der Waals surface area contributed by atoms with Crippen molar-refractivity contribution in [2.75, 3.05) is 24.7 Å². The van der Waals surface area contributed by atoms with Crippen LogP contribution in [0.1, 0.15) is 18.4 Å². The quantitative estimate of drug-likeness (QED) is 0.585. The summed E-state index contributed by atoms with van der Waals surface area (Å²) in [5, 5.41) is 10.0. The Hall–Kier alpha value is -2.57. The number of thioether (sulfide) groups is 1. The van der Waals surface area contributed by atoms with Gasteiger partial charge in [-0.2, -0.15) is 5.10 Å². The van der Waals surface area contributed by atoms with Crippen LogP contribution in [-0.4, -0.2) is 40.3 Å². The van der Waals surface area contributed by atoms with E-state index in [1.54, 1.807) is 18.0 Å². The van der Waals surface area contributed by atoms with Gasteiger partial charge in [0.25, 0.3) is 0 Å². The van der Waals surface area contributed by atoms with E-state index in [1.807, 2.05) is 30.3 Å². The molecule has 1 fully saturated rings. The average Bonchev–Trinajstić information content (AvgIpc) is 3.30. The first kappa shape index (κ1) is 19.7. The fourth-order valence-corrected chi connectivity index (χ4v) is 4.20. The molecule has 1 aromatic heterocycles. The number of amides is 1. The molecule has 3 aromatic rings. The van der Waals surface area contributed by atoms with Gasteiger partial charge >= 0.3 is 0 Å². The first-order valence-corrected chi connectivity index (χ1v) is 11.2. The first-order valence-electron chi connectivity index (χ1n) is 9.97. The standard InChI is InChI=1S/C23H26N4OS/c1-29-21-10-4-17(5-11-21)15-27-14-2-3-19(16-27)23(28)25-20-8-6-18(7-9-20)22-12-13-24-26-22/h4-13,19H,2-3,14-16H2,1H3,(H,24,26)(H,25,28)/t19-/m0/s1. The number of carbonyl (C=O) groups excluding carboxylic acids is 1. The summed E-state index contributed by atoms with van der Waals surface area (Å²) < 4.78 is 0. The van der Waals surface area contributed by atoms with Crippen molar-refractivity contribution in [2.24, 2.45) is 5.92 Å². The number of likely N-dealkylation sites (tertiary alicyclic amines) is 1. The normalized spacial score (nSPS) is 17.2. The molecule has 1 saturated heterocycles. The topological polar surface area (TPSA) is 61.0 Å². The summed E-state index contributed by atoms with van der Waals surface area (Å²) in [6, 6.07) is 18.5. The Labute approximate surface area is 175 Å². The van der Waals surface area contributed by atoms with E-state index < -0.39 is 0 Å². The van der Waals surface area contributed by atoms with Crippen LogP contribution in [0.3, 0.4) is 0 Å². The summed E-state index contributed by atoms with van der Waals surface area (Å²) in [4.78, 5) is 16.5. The molecule has 0 radical (unpaired) electrons. The zero-order valence-electron chi connectivity index (χ0n) is 16.6. The number of nitrogens with zero attached hydrogens (tertiary/aromatic N) is 2. The van der Waals surface area contributed by atoms with Crippen molar-refractivity contribution >= 4 is 23.4 Å². The molecule has 2 heterocycles. The van der Waals surface area contributed by atoms with Crippen LogP contribution in [0.5, 0.6) is 0 Å². The smallest absolute Gasteiger partial charge is 0.228 e. The summed E-state index contributed by atoms with van der Waals surface area (Å²) in [6.45, 7) is 2.76. The number of hydrogen-bond donors (Lipinski definition) is 2. The predicted octanol–water partition coefficient (Wildman–Crippen LogP) is 4.65. The van der Waals surface area contributed by atoms with Gasteiger partial charge in [-0.05, 0) is 67.1 Å². The Morgan fingerprint density at radius 1 is 1.17 bits per heavy atom. The maximum absolute atomic E-state index is 12.8. The molecule has 29 heavy (non-hydrogen) atoms. The highest BCUT2D eigenvalue weighted by molar-refractivity contribution is 7.98. The van der Waals surface area contributed by atoms with Gasteiger partial charge in [-0.15, -0.1) is 11.8 Å². The Morgan fingerprint density at radius 3 is 2.66 bits per heavy atom. The molecule has 0 spiro atoms. The molecule has 1 aliphatic heterocycles. The maximum atomic E-state index is 12.8. The molecular formula is C23H26N4OS. The van der Waals surface area contributed by atoms with E-state index in [4.69, 9.17) is 0 Å². The largest absolute Gasteiger partial charge is 0.326 e. The molecule has 2 aromatic carbocycles. The van der Waals surface area contributed by atoms with Crippen molar-refractivity contribution in [2.45, 2.75) is 24.3 Å². The lowest BCUT2D eigenvalue weighted by Crippen LogP contribution is -2.40. The number of aromatic amines is 1. The van der Waals surface area contributed by atoms with Gasteiger partial charge in [-0.3, -0.25) is 14.8 Å². The number of aromatic nitrogens is 2. The number of anilines is 1. The first-order chi connectivity index (χ1) is 14.2. The third-order valence-corrected chi connectivity index (χ3v) is 6.15. The number of piperidine rings is 1. The van der Waals surface area contributed by atoms with Gasteiger partial charge in [0.15, 0.2) is 0 Å². The highest BCUT2D eigenvalue weighted by atomic mass is 32.2. The minimum absolute atomic E-state index is 0.0292. The van der Waals surface area contributed by atoms with Gasteiger partial charge < -0.3 is 5.32 Å². The van der Waals surface area contributed by atoms with Crippen molar-refractivity contribution in [3.63, 3.8) is 0 Å². The average molecular weight is 407 g/mol. The lowest BCUT2D eigenvalue weighted by molar-refractivity contribution is -0.121. The zero-order chi connectivity index (χ0) is 20.1. The van der Waals surface area contributed by atoms with E-state index in [0.717, 1.165) is 49.4 Å². The molecule has 1 amide bonds. The van der Waals surface area contributed by atoms with Crippen LogP contribution in [-0.2, 0) is 11.3 Å². The number of carbonyl (C=O) groups is 1. The summed E-state index contributed by atoms with van der Waals surface area (Å²) in [5.41, 5.74) is 4.16. The van der Waals surface area contributed by atoms with Crippen molar-refractivity contribution in [1.29, 1.82) is 0 Å². The third-order valence-electron chi connectivity index (χ3n) is 5.41. The van der Waals surface area contributed by atoms with Gasteiger partial charge in [0.05, 0.1) is 11.6 Å². The second-order valence-corrected chi connectivity index (χ2v) is 8.34. The lowest BCUT2D eigenvalue weighted by atomic mass is 9.96. The van der Waals surface area contributed by atoms with Crippen molar-refractivity contribution < 1.29 is 4.79 Å². The molecule has 0 aliphatic carbocycles. The fourth-order valence-electron chi connectivity index (χ4n) is 3.80. The SMILES string of the molecule is CSc1ccc(CN2CCC[C@H](C(=O)Nc3ccc(-c4ccn[nH]4)cc3)C2)cc1. The van der Waals surface area contributed by atoms with Gasteiger partial charge in [0.1, 0.15) is 0 Å². The fraction of sp³-hybridized carbons (Fsp3) is 0.304. The molecule has 2 N–H and O–H groups in total. The molecular weight excluding hydrogens is 380 g/mol. The Kier molecular flexibility index (Phi) is 6.32. The highest BCUT2D eigenvalue weighted by Gasteiger charge is 2.25. The third kappa shape index (κ3) is 5.08. The van der Waals surface area contributed by atoms with E-state index in [0.29, 0.717) is 0 Å². The van der Waals surface area contributed by atoms with Crippen LogP contribution in [0.4, 0.5) is 5.69 Å². The molecule has 0 bridgehead atoms. The van der Waals surface area contributed by atoms with Gasteiger partial charge in [0.2, 0.25) is 5.91 Å². The van der Waals surface area contributed by atoms with Crippen molar-refractivity contribution in [3.05, 3.63) is 66.4 Å². The van der Waals surface area contributed by atoms with Gasteiger partial charge in [-0.25, -0.2) is 0 Å². The number of H-pyrrole nitrogens is 1. The molecule has 5 nitrogen and oxygen atoms in total. The second kappa shape index (κ2) is 9.29. The van der Waals surface area contributed by atoms with Crippen LogP contribution in [0.25, 0.3) is 11.3 Å². The summed E-state index contributed by atoms with van der Waals surface area (Å²) >= 11 is 1.76. The lowest BCUT2D eigenvalue weighted by Gasteiger charge is -2.32. The van der Waals surface area contributed by atoms with Crippen molar-refractivity contribution in [1.82, 2.24) is 15.1 Å². The molecule has 0 unspecified atom stereocenters. The zero-order valence-corrected chi connectivity index (χ0v) is 17.4. The van der Waals surface area contributed by atoms with E-state index in [2.05, 4.69) is 50.9 Å². The Bertz CT molecular complexity index is 923. The minimum atomic E-state index is 0.0292. The molecule has 1 atom stereocenters. The molecule has 4 rings (SSSR count). The van der Waals surface area contributed by atoms with Crippen LogP contribution >= 0.6 is 11.8 Å². The van der Waals surface area contributed by atoms with E-state index >= 15 is 0 Å². The summed E-state index contributed by atoms with van der Waals surface area (Å²) in [7, 11) is 0. The molecule has 150 valence electrons. The van der Waals surface area contributed by atoms with Crippen LogP contribution in [0.2, 0.25) is 0 Å². The minimum Gasteiger partial charge on any atom is -0.326 e. The maximum Gasteiger partial charge on any atom is 0.228 e. The van der Waals surface area contributed by atoms with Crippen LogP contribution < -0.4 is 5.32 Å². The van der Waals surface area contributed by atoms with E-state index in [9.17, 15) is 4.79 Å². The van der Waals surface area contributed by atoms with Gasteiger partial charge in [0, 0.05) is 29.9 Å².